The molecule has 0 fully saturated rings. The number of rotatable bonds is 8. The van der Waals surface area contributed by atoms with Gasteiger partial charge in [-0.2, -0.15) is 0 Å². The van der Waals surface area contributed by atoms with Gasteiger partial charge in [0, 0.05) is 12.7 Å². The quantitative estimate of drug-likeness (QED) is 0.352. The molecule has 0 radical (unpaired) electrons. The molecular formula is C10H16O6. The number of esters is 1. The topological polar surface area (TPSA) is 71.1 Å². The highest BCUT2D eigenvalue weighted by Gasteiger charge is 2.03. The second-order valence-electron chi connectivity index (χ2n) is 2.52. The van der Waals surface area contributed by atoms with Crippen LogP contribution in [0.3, 0.4) is 0 Å². The predicted octanol–water partition coefficient (Wildman–Crippen LogP) is 0.905. The summed E-state index contributed by atoms with van der Waals surface area (Å²) in [7, 11) is 0. The molecule has 0 aromatic heterocycles. The Morgan fingerprint density at radius 3 is 2.19 bits per heavy atom. The highest BCUT2D eigenvalue weighted by atomic mass is 16.7. The van der Waals surface area contributed by atoms with Crippen LogP contribution in [0, 0.1) is 0 Å². The van der Waals surface area contributed by atoms with Crippen molar-refractivity contribution in [3.8, 4) is 0 Å². The van der Waals surface area contributed by atoms with Crippen LogP contribution in [-0.4, -0.2) is 45.2 Å². The lowest BCUT2D eigenvalue weighted by atomic mass is 10.6. The van der Waals surface area contributed by atoms with Gasteiger partial charge in [0.15, 0.2) is 0 Å². The predicted molar refractivity (Wildman–Crippen MR) is 54.9 cm³/mol. The van der Waals surface area contributed by atoms with E-state index in [1.165, 1.54) is 0 Å². The number of carbonyl (C=O) groups is 2. The molecule has 0 unspecified atom stereocenters. The average molecular weight is 232 g/mol. The van der Waals surface area contributed by atoms with Crippen molar-refractivity contribution >= 4 is 12.1 Å². The summed E-state index contributed by atoms with van der Waals surface area (Å²) in [6, 6.07) is 0. The van der Waals surface area contributed by atoms with Crippen molar-refractivity contribution in [3.63, 3.8) is 0 Å². The first-order valence-electron chi connectivity index (χ1n) is 4.87. The van der Waals surface area contributed by atoms with Gasteiger partial charge in [-0.25, -0.2) is 9.59 Å². The van der Waals surface area contributed by atoms with E-state index in [0.29, 0.717) is 13.2 Å². The first kappa shape index (κ1) is 14.4. The van der Waals surface area contributed by atoms with E-state index >= 15 is 0 Å². The molecule has 0 aliphatic carbocycles. The monoisotopic (exact) mass is 232 g/mol. The molecular weight excluding hydrogens is 216 g/mol. The summed E-state index contributed by atoms with van der Waals surface area (Å²) in [5, 5.41) is 0. The zero-order chi connectivity index (χ0) is 12.2. The van der Waals surface area contributed by atoms with E-state index in [4.69, 9.17) is 4.74 Å². The molecule has 0 saturated carbocycles. The van der Waals surface area contributed by atoms with E-state index in [0.717, 1.165) is 6.08 Å². The van der Waals surface area contributed by atoms with Gasteiger partial charge in [-0.1, -0.05) is 6.58 Å². The Morgan fingerprint density at radius 2 is 1.62 bits per heavy atom. The molecule has 0 aromatic carbocycles. The number of hydrogen-bond donors (Lipinski definition) is 0. The van der Waals surface area contributed by atoms with Crippen LogP contribution in [0.1, 0.15) is 6.92 Å². The summed E-state index contributed by atoms with van der Waals surface area (Å²) >= 11 is 0. The maximum absolute atomic E-state index is 10.9. The van der Waals surface area contributed by atoms with Gasteiger partial charge in [-0.3, -0.25) is 0 Å². The molecule has 0 N–H and O–H groups in total. The third-order valence-electron chi connectivity index (χ3n) is 1.37. The van der Waals surface area contributed by atoms with E-state index < -0.39 is 12.1 Å². The van der Waals surface area contributed by atoms with E-state index in [1.807, 2.05) is 6.92 Å². The molecule has 0 aliphatic heterocycles. The van der Waals surface area contributed by atoms with Crippen molar-refractivity contribution in [2.75, 3.05) is 33.0 Å². The minimum Gasteiger partial charge on any atom is -0.459 e. The molecule has 6 heteroatoms. The van der Waals surface area contributed by atoms with Crippen molar-refractivity contribution in [1.82, 2.24) is 0 Å². The molecule has 0 bridgehead atoms. The van der Waals surface area contributed by atoms with Gasteiger partial charge in [-0.05, 0) is 6.92 Å². The molecule has 92 valence electrons. The lowest BCUT2D eigenvalue weighted by Gasteiger charge is -2.06. The number of ether oxygens (including phenoxy) is 4. The summed E-state index contributed by atoms with van der Waals surface area (Å²) < 4.78 is 18.7. The average Bonchev–Trinajstić information content (AvgIpc) is 2.30. The van der Waals surface area contributed by atoms with Crippen LogP contribution in [0.2, 0.25) is 0 Å². The van der Waals surface area contributed by atoms with E-state index in [1.54, 1.807) is 0 Å². The van der Waals surface area contributed by atoms with Crippen LogP contribution in [0.25, 0.3) is 0 Å². The van der Waals surface area contributed by atoms with Crippen molar-refractivity contribution < 1.29 is 28.5 Å². The van der Waals surface area contributed by atoms with Crippen LogP contribution in [0.15, 0.2) is 12.7 Å². The van der Waals surface area contributed by atoms with E-state index in [2.05, 4.69) is 20.8 Å². The fraction of sp³-hybridized carbons (Fsp3) is 0.600. The molecule has 0 saturated heterocycles. The van der Waals surface area contributed by atoms with Crippen LogP contribution in [-0.2, 0) is 23.7 Å². The summed E-state index contributed by atoms with van der Waals surface area (Å²) in [5.41, 5.74) is 0. The van der Waals surface area contributed by atoms with Gasteiger partial charge in [0.05, 0.1) is 6.61 Å². The highest BCUT2D eigenvalue weighted by Crippen LogP contribution is 1.87. The molecule has 0 aliphatic rings. The summed E-state index contributed by atoms with van der Waals surface area (Å²) in [4.78, 5) is 21.4. The smallest absolute Gasteiger partial charge is 0.459 e. The van der Waals surface area contributed by atoms with Gasteiger partial charge in [-0.15, -0.1) is 0 Å². The third kappa shape index (κ3) is 9.01. The van der Waals surface area contributed by atoms with Gasteiger partial charge in [0.25, 0.3) is 0 Å². The summed E-state index contributed by atoms with van der Waals surface area (Å²) in [6.07, 6.45) is 0.217. The second kappa shape index (κ2) is 9.97. The third-order valence-corrected chi connectivity index (χ3v) is 1.37. The molecule has 0 aromatic rings. The fourth-order valence-electron chi connectivity index (χ4n) is 0.696. The van der Waals surface area contributed by atoms with Crippen molar-refractivity contribution in [2.24, 2.45) is 0 Å². The highest BCUT2D eigenvalue weighted by molar-refractivity contribution is 5.81. The normalized spacial score (nSPS) is 9.31. The lowest BCUT2D eigenvalue weighted by Crippen LogP contribution is -2.15. The standard InChI is InChI=1S/C10H16O6/c1-3-9(11)14-7-8-16-10(12)15-6-5-13-4-2/h3H,1,4-8H2,2H3. The first-order valence-corrected chi connectivity index (χ1v) is 4.87. The van der Waals surface area contributed by atoms with Gasteiger partial charge in [0.2, 0.25) is 0 Å². The molecule has 0 spiro atoms. The van der Waals surface area contributed by atoms with E-state index in [9.17, 15) is 9.59 Å². The van der Waals surface area contributed by atoms with Crippen molar-refractivity contribution in [3.05, 3.63) is 12.7 Å². The molecule has 16 heavy (non-hydrogen) atoms. The Kier molecular flexibility index (Phi) is 9.00. The Balaban J connectivity index is 3.30. The molecule has 0 amide bonds. The molecule has 0 rings (SSSR count). The molecule has 6 nitrogen and oxygen atoms in total. The Labute approximate surface area is 94.1 Å². The Bertz CT molecular complexity index is 225. The van der Waals surface area contributed by atoms with Gasteiger partial charge in [0.1, 0.15) is 19.8 Å². The molecule has 0 atom stereocenters. The number of carbonyl (C=O) groups excluding carboxylic acids is 2. The zero-order valence-electron chi connectivity index (χ0n) is 9.27. The minimum absolute atomic E-state index is 0.0224. The SMILES string of the molecule is C=CC(=O)OCCOC(=O)OCCOCC. The zero-order valence-corrected chi connectivity index (χ0v) is 9.27. The van der Waals surface area contributed by atoms with Crippen molar-refractivity contribution in [1.29, 1.82) is 0 Å². The Morgan fingerprint density at radius 1 is 1.06 bits per heavy atom. The second-order valence-corrected chi connectivity index (χ2v) is 2.52. The van der Waals surface area contributed by atoms with Crippen LogP contribution in [0.4, 0.5) is 4.79 Å². The maximum atomic E-state index is 10.9. The minimum atomic E-state index is -0.811. The lowest BCUT2D eigenvalue weighted by molar-refractivity contribution is -0.139. The summed E-state index contributed by atoms with van der Waals surface area (Å²) in [6.45, 7) is 6.01. The van der Waals surface area contributed by atoms with Crippen molar-refractivity contribution in [2.45, 2.75) is 6.92 Å². The van der Waals surface area contributed by atoms with Crippen LogP contribution >= 0.6 is 0 Å². The maximum Gasteiger partial charge on any atom is 0.508 e. The largest absolute Gasteiger partial charge is 0.508 e. The summed E-state index contributed by atoms with van der Waals surface area (Å²) in [5.74, 6) is -0.562. The molecule has 0 heterocycles. The number of hydrogen-bond acceptors (Lipinski definition) is 6. The van der Waals surface area contributed by atoms with Gasteiger partial charge >= 0.3 is 12.1 Å². The van der Waals surface area contributed by atoms with Crippen LogP contribution in [0.5, 0.6) is 0 Å². The van der Waals surface area contributed by atoms with Gasteiger partial charge < -0.3 is 18.9 Å². The van der Waals surface area contributed by atoms with E-state index in [-0.39, 0.29) is 19.8 Å². The fourth-order valence-corrected chi connectivity index (χ4v) is 0.696. The Hall–Kier alpha value is -1.56. The van der Waals surface area contributed by atoms with Crippen LogP contribution < -0.4 is 0 Å². The first-order chi connectivity index (χ1) is 7.70.